The zero-order valence-corrected chi connectivity index (χ0v) is 11.2. The molecule has 0 aliphatic heterocycles. The lowest BCUT2D eigenvalue weighted by Gasteiger charge is -2.06. The molecule has 0 atom stereocenters. The minimum absolute atomic E-state index is 0.104. The van der Waals surface area contributed by atoms with Crippen LogP contribution in [0.2, 0.25) is 0 Å². The number of aromatic nitrogens is 2. The number of benzene rings is 1. The third-order valence-electron chi connectivity index (χ3n) is 2.77. The second-order valence-electron chi connectivity index (χ2n) is 4.19. The lowest BCUT2D eigenvalue weighted by Crippen LogP contribution is -2.19. The van der Waals surface area contributed by atoms with E-state index in [0.717, 1.165) is 0 Å². The number of fused-ring (bicyclic) bond motifs is 1. The maximum absolute atomic E-state index is 12.2. The topological polar surface area (TPSA) is 125 Å². The van der Waals surface area contributed by atoms with Crippen molar-refractivity contribution < 1.29 is 12.8 Å². The van der Waals surface area contributed by atoms with Crippen molar-refractivity contribution in [3.63, 3.8) is 0 Å². The Kier molecular flexibility index (Phi) is 2.91. The van der Waals surface area contributed by atoms with Crippen molar-refractivity contribution in [2.45, 2.75) is 4.90 Å². The normalized spacial score (nSPS) is 11.6. The molecule has 3 N–H and O–H groups in total. The average Bonchev–Trinajstić information content (AvgIpc) is 2.80. The number of hydrogen-bond acceptors (Lipinski definition) is 5. The smallest absolute Gasteiger partial charge is 0.408 e. The van der Waals surface area contributed by atoms with Crippen LogP contribution >= 0.6 is 0 Å². The monoisotopic (exact) mass is 307 g/mol. The summed E-state index contributed by atoms with van der Waals surface area (Å²) in [5.74, 6) is -0.674. The Labute approximate surface area is 117 Å². The van der Waals surface area contributed by atoms with Gasteiger partial charge in [-0.3, -0.25) is 14.5 Å². The molecule has 0 saturated carbocycles. The van der Waals surface area contributed by atoms with E-state index in [9.17, 15) is 18.0 Å². The molecule has 21 heavy (non-hydrogen) atoms. The van der Waals surface area contributed by atoms with Gasteiger partial charge in [-0.25, -0.2) is 13.2 Å². The molecule has 0 spiro atoms. The molecule has 0 amide bonds. The molecule has 3 aromatic rings. The predicted octanol–water partition coefficient (Wildman–Crippen LogP) is 0.610. The van der Waals surface area contributed by atoms with Crippen LogP contribution in [0.1, 0.15) is 0 Å². The molecule has 2 aromatic heterocycles. The highest BCUT2D eigenvalue weighted by atomic mass is 32.2. The SMILES string of the molecule is O=c1[nH]c2ccc(S(=O)(=O)Nc3ccc[nH]c3=O)cc2o1. The lowest BCUT2D eigenvalue weighted by molar-refractivity contribution is 0.554. The maximum atomic E-state index is 12.2. The van der Waals surface area contributed by atoms with Crippen LogP contribution in [-0.4, -0.2) is 18.4 Å². The summed E-state index contributed by atoms with van der Waals surface area (Å²) >= 11 is 0. The first kappa shape index (κ1) is 13.2. The summed E-state index contributed by atoms with van der Waals surface area (Å²) in [6, 6.07) is 6.74. The van der Waals surface area contributed by atoms with E-state index < -0.39 is 21.3 Å². The van der Waals surface area contributed by atoms with E-state index in [2.05, 4.69) is 14.7 Å². The number of rotatable bonds is 3. The largest absolute Gasteiger partial charge is 0.417 e. The molecule has 1 aromatic carbocycles. The van der Waals surface area contributed by atoms with Gasteiger partial charge in [0.25, 0.3) is 15.6 Å². The van der Waals surface area contributed by atoms with Crippen LogP contribution < -0.4 is 16.0 Å². The Morgan fingerprint density at radius 1 is 1.14 bits per heavy atom. The number of sulfonamides is 1. The number of aromatic amines is 2. The quantitative estimate of drug-likeness (QED) is 0.653. The molecule has 3 rings (SSSR count). The Bertz CT molecular complexity index is 1030. The first-order valence-electron chi connectivity index (χ1n) is 5.79. The van der Waals surface area contributed by atoms with Crippen LogP contribution in [0.4, 0.5) is 5.69 Å². The van der Waals surface area contributed by atoms with E-state index in [-0.39, 0.29) is 16.2 Å². The summed E-state index contributed by atoms with van der Waals surface area (Å²) < 4.78 is 31.4. The Hall–Kier alpha value is -2.81. The van der Waals surface area contributed by atoms with E-state index in [1.54, 1.807) is 0 Å². The highest BCUT2D eigenvalue weighted by molar-refractivity contribution is 7.92. The van der Waals surface area contributed by atoms with Gasteiger partial charge in [0.15, 0.2) is 5.58 Å². The molecule has 0 aliphatic rings. The second-order valence-corrected chi connectivity index (χ2v) is 5.87. The van der Waals surface area contributed by atoms with Gasteiger partial charge in [0, 0.05) is 12.3 Å². The summed E-state index contributed by atoms with van der Waals surface area (Å²) in [5, 5.41) is 0. The van der Waals surface area contributed by atoms with E-state index >= 15 is 0 Å². The molecule has 9 heteroatoms. The molecular formula is C12H9N3O5S. The molecule has 108 valence electrons. The van der Waals surface area contributed by atoms with E-state index in [1.807, 2.05) is 0 Å². The van der Waals surface area contributed by atoms with Gasteiger partial charge in [-0.2, -0.15) is 0 Å². The maximum Gasteiger partial charge on any atom is 0.417 e. The first-order chi connectivity index (χ1) is 9.95. The van der Waals surface area contributed by atoms with Crippen molar-refractivity contribution in [3.8, 4) is 0 Å². The molecule has 0 fully saturated rings. The van der Waals surface area contributed by atoms with Crippen molar-refractivity contribution in [1.29, 1.82) is 0 Å². The summed E-state index contributed by atoms with van der Waals surface area (Å²) in [6.07, 6.45) is 1.39. The fourth-order valence-corrected chi connectivity index (χ4v) is 2.88. The van der Waals surface area contributed by atoms with Gasteiger partial charge in [-0.15, -0.1) is 0 Å². The lowest BCUT2D eigenvalue weighted by atomic mass is 10.3. The highest BCUT2D eigenvalue weighted by Crippen LogP contribution is 2.18. The van der Waals surface area contributed by atoms with Crippen LogP contribution in [-0.2, 0) is 10.0 Å². The van der Waals surface area contributed by atoms with Crippen molar-refractivity contribution in [2.24, 2.45) is 0 Å². The molecule has 0 radical (unpaired) electrons. The highest BCUT2D eigenvalue weighted by Gasteiger charge is 2.17. The number of nitrogens with one attached hydrogen (secondary N) is 3. The molecule has 0 unspecified atom stereocenters. The summed E-state index contributed by atoms with van der Waals surface area (Å²) in [5.41, 5.74) is -0.162. The fourth-order valence-electron chi connectivity index (χ4n) is 1.80. The first-order valence-corrected chi connectivity index (χ1v) is 7.27. The van der Waals surface area contributed by atoms with Crippen LogP contribution in [0.3, 0.4) is 0 Å². The molecule has 8 nitrogen and oxygen atoms in total. The summed E-state index contributed by atoms with van der Waals surface area (Å²) in [7, 11) is -3.96. The molecule has 0 aliphatic carbocycles. The molecular weight excluding hydrogens is 298 g/mol. The average molecular weight is 307 g/mol. The number of pyridine rings is 1. The van der Waals surface area contributed by atoms with Crippen LogP contribution in [0.25, 0.3) is 11.1 Å². The zero-order chi connectivity index (χ0) is 15.0. The molecule has 0 saturated heterocycles. The van der Waals surface area contributed by atoms with Gasteiger partial charge in [-0.1, -0.05) is 0 Å². The molecule has 0 bridgehead atoms. The van der Waals surface area contributed by atoms with Crippen molar-refractivity contribution in [3.05, 3.63) is 57.4 Å². The Morgan fingerprint density at radius 3 is 2.71 bits per heavy atom. The Morgan fingerprint density at radius 2 is 1.95 bits per heavy atom. The van der Waals surface area contributed by atoms with Gasteiger partial charge in [0.05, 0.1) is 10.4 Å². The minimum atomic E-state index is -3.96. The zero-order valence-electron chi connectivity index (χ0n) is 10.4. The van der Waals surface area contributed by atoms with Crippen LogP contribution in [0.15, 0.2) is 55.4 Å². The van der Waals surface area contributed by atoms with Gasteiger partial charge < -0.3 is 9.40 Å². The predicted molar refractivity (Wildman–Crippen MR) is 74.7 cm³/mol. The number of hydrogen-bond donors (Lipinski definition) is 3. The number of oxazole rings is 1. The van der Waals surface area contributed by atoms with Crippen molar-refractivity contribution in [2.75, 3.05) is 4.72 Å². The van der Waals surface area contributed by atoms with E-state index in [4.69, 9.17) is 4.42 Å². The second kappa shape index (κ2) is 4.63. The van der Waals surface area contributed by atoms with Gasteiger partial charge >= 0.3 is 5.76 Å². The van der Waals surface area contributed by atoms with Crippen molar-refractivity contribution in [1.82, 2.24) is 9.97 Å². The minimum Gasteiger partial charge on any atom is -0.408 e. The van der Waals surface area contributed by atoms with Crippen LogP contribution in [0, 0.1) is 0 Å². The Balaban J connectivity index is 2.05. The molecule has 2 heterocycles. The fraction of sp³-hybridized carbons (Fsp3) is 0. The van der Waals surface area contributed by atoms with Crippen molar-refractivity contribution >= 4 is 26.8 Å². The van der Waals surface area contributed by atoms with Crippen LogP contribution in [0.5, 0.6) is 0 Å². The number of H-pyrrole nitrogens is 2. The summed E-state index contributed by atoms with van der Waals surface area (Å²) in [6.45, 7) is 0. The van der Waals surface area contributed by atoms with Gasteiger partial charge in [-0.05, 0) is 24.3 Å². The number of anilines is 1. The van der Waals surface area contributed by atoms with E-state index in [0.29, 0.717) is 5.52 Å². The third kappa shape index (κ3) is 2.46. The standard InChI is InChI=1S/C12H9N3O5S/c16-11-9(2-1-5-13-11)15-21(18,19)7-3-4-8-10(6-7)20-12(17)14-8/h1-6,15H,(H,13,16)(H,14,17). The van der Waals surface area contributed by atoms with E-state index in [1.165, 1.54) is 36.5 Å². The summed E-state index contributed by atoms with van der Waals surface area (Å²) in [4.78, 5) is 27.2. The third-order valence-corrected chi connectivity index (χ3v) is 4.13. The van der Waals surface area contributed by atoms with Gasteiger partial charge in [0.2, 0.25) is 0 Å². The van der Waals surface area contributed by atoms with Gasteiger partial charge in [0.1, 0.15) is 5.69 Å².